The highest BCUT2D eigenvalue weighted by Gasteiger charge is 2.36. The molecule has 1 aromatic heterocycles. The highest BCUT2D eigenvalue weighted by atomic mass is 32.1. The van der Waals surface area contributed by atoms with Gasteiger partial charge < -0.3 is 5.32 Å². The lowest BCUT2D eigenvalue weighted by Crippen LogP contribution is -2.44. The summed E-state index contributed by atoms with van der Waals surface area (Å²) in [6.45, 7) is 2.26. The first-order valence-electron chi connectivity index (χ1n) is 5.93. The summed E-state index contributed by atoms with van der Waals surface area (Å²) in [7, 11) is 0. The lowest BCUT2D eigenvalue weighted by molar-refractivity contribution is 0.269. The molecule has 0 saturated heterocycles. The summed E-state index contributed by atoms with van der Waals surface area (Å²) < 4.78 is 4.42. The lowest BCUT2D eigenvalue weighted by Gasteiger charge is -2.41. The van der Waals surface area contributed by atoms with Crippen LogP contribution in [-0.2, 0) is 0 Å². The summed E-state index contributed by atoms with van der Waals surface area (Å²) in [5.41, 5.74) is 0.348. The average molecular weight is 223 g/mol. The Hall–Kier alpha value is -0.640. The van der Waals surface area contributed by atoms with E-state index in [9.17, 15) is 0 Å². The van der Waals surface area contributed by atoms with Gasteiger partial charge in [-0.05, 0) is 38.5 Å². The molecule has 0 amide bonds. The van der Waals surface area contributed by atoms with Gasteiger partial charge in [-0.2, -0.15) is 4.37 Å². The number of anilines is 1. The van der Waals surface area contributed by atoms with Crippen LogP contribution in [0.2, 0.25) is 0 Å². The molecule has 3 nitrogen and oxygen atoms in total. The van der Waals surface area contributed by atoms with Crippen molar-refractivity contribution < 1.29 is 0 Å². The van der Waals surface area contributed by atoms with Crippen LogP contribution >= 0.6 is 11.5 Å². The predicted octanol–water partition coefficient (Wildman–Crippen LogP) is 3.16. The maximum absolute atomic E-state index is 4.58. The van der Waals surface area contributed by atoms with Crippen molar-refractivity contribution in [3.8, 4) is 0 Å². The van der Waals surface area contributed by atoms with Gasteiger partial charge in [0.15, 0.2) is 0 Å². The van der Waals surface area contributed by atoms with E-state index in [1.165, 1.54) is 50.1 Å². The molecule has 0 aromatic carbocycles. The fraction of sp³-hybridized carbons (Fsp3) is 0.818. The standard InChI is InChI=1S/C11H17N3S/c1-2-11(6-3-7-11)13-10-12-9(14-15-10)8-4-5-8/h8H,2-7H2,1H3,(H,12,13,14). The van der Waals surface area contributed by atoms with Gasteiger partial charge in [-0.25, -0.2) is 4.98 Å². The van der Waals surface area contributed by atoms with Crippen LogP contribution in [0.15, 0.2) is 0 Å². The van der Waals surface area contributed by atoms with Gasteiger partial charge >= 0.3 is 0 Å². The first-order valence-corrected chi connectivity index (χ1v) is 6.70. The fourth-order valence-corrected chi connectivity index (χ4v) is 2.96. The third-order valence-electron chi connectivity index (χ3n) is 3.74. The SMILES string of the molecule is CCC1(Nc2nc(C3CC3)ns2)CCC1. The van der Waals surface area contributed by atoms with Crippen molar-refractivity contribution in [3.63, 3.8) is 0 Å². The molecule has 2 aliphatic carbocycles. The van der Waals surface area contributed by atoms with Gasteiger partial charge in [-0.1, -0.05) is 6.92 Å². The largest absolute Gasteiger partial charge is 0.355 e. The van der Waals surface area contributed by atoms with Crippen molar-refractivity contribution in [1.29, 1.82) is 0 Å². The topological polar surface area (TPSA) is 37.8 Å². The summed E-state index contributed by atoms with van der Waals surface area (Å²) >= 11 is 1.54. The van der Waals surface area contributed by atoms with Crippen LogP contribution in [-0.4, -0.2) is 14.9 Å². The molecule has 4 heteroatoms. The van der Waals surface area contributed by atoms with E-state index >= 15 is 0 Å². The van der Waals surface area contributed by atoms with Gasteiger partial charge in [-0.15, -0.1) is 0 Å². The van der Waals surface area contributed by atoms with Crippen molar-refractivity contribution in [3.05, 3.63) is 5.82 Å². The minimum atomic E-state index is 0.348. The van der Waals surface area contributed by atoms with Gasteiger partial charge in [0, 0.05) is 23.0 Å². The Morgan fingerprint density at radius 2 is 2.27 bits per heavy atom. The Balaban J connectivity index is 1.70. The molecular weight excluding hydrogens is 206 g/mol. The molecule has 0 unspecified atom stereocenters. The Labute approximate surface area is 94.5 Å². The Morgan fingerprint density at radius 3 is 2.80 bits per heavy atom. The minimum Gasteiger partial charge on any atom is -0.355 e. The van der Waals surface area contributed by atoms with Crippen LogP contribution < -0.4 is 5.32 Å². The van der Waals surface area contributed by atoms with E-state index in [1.807, 2.05) is 0 Å². The smallest absolute Gasteiger partial charge is 0.203 e. The molecular formula is C11H17N3S. The Bertz CT molecular complexity index is 347. The summed E-state index contributed by atoms with van der Waals surface area (Å²) in [6, 6.07) is 0. The number of nitrogens with one attached hydrogen (secondary N) is 1. The number of aromatic nitrogens is 2. The van der Waals surface area contributed by atoms with Crippen LogP contribution in [0, 0.1) is 0 Å². The molecule has 3 rings (SSSR count). The zero-order chi connectivity index (χ0) is 10.3. The third kappa shape index (κ3) is 1.75. The molecule has 2 aliphatic rings. The third-order valence-corrected chi connectivity index (χ3v) is 4.39. The zero-order valence-corrected chi connectivity index (χ0v) is 9.94. The Kier molecular flexibility index (Phi) is 2.20. The van der Waals surface area contributed by atoms with Gasteiger partial charge in [0.25, 0.3) is 0 Å². The van der Waals surface area contributed by atoms with Crippen LogP contribution in [0.25, 0.3) is 0 Å². The van der Waals surface area contributed by atoms with Gasteiger partial charge in [0.05, 0.1) is 0 Å². The number of rotatable bonds is 4. The maximum atomic E-state index is 4.58. The highest BCUT2D eigenvalue weighted by molar-refractivity contribution is 7.09. The zero-order valence-electron chi connectivity index (χ0n) is 9.12. The molecule has 0 aliphatic heterocycles. The summed E-state index contributed by atoms with van der Waals surface area (Å²) in [6.07, 6.45) is 7.72. The molecule has 1 N–H and O–H groups in total. The second-order valence-corrected chi connectivity index (χ2v) is 5.60. The first-order chi connectivity index (χ1) is 7.31. The monoisotopic (exact) mass is 223 g/mol. The van der Waals surface area contributed by atoms with E-state index in [0.29, 0.717) is 11.5 Å². The lowest BCUT2D eigenvalue weighted by atomic mass is 9.75. The van der Waals surface area contributed by atoms with Crippen molar-refractivity contribution in [2.45, 2.75) is 56.9 Å². The van der Waals surface area contributed by atoms with E-state index in [2.05, 4.69) is 21.6 Å². The van der Waals surface area contributed by atoms with Crippen LogP contribution in [0.5, 0.6) is 0 Å². The van der Waals surface area contributed by atoms with Crippen molar-refractivity contribution in [2.75, 3.05) is 5.32 Å². The van der Waals surface area contributed by atoms with Crippen molar-refractivity contribution >= 4 is 16.7 Å². The average Bonchev–Trinajstić information content (AvgIpc) is 2.94. The molecule has 2 saturated carbocycles. The highest BCUT2D eigenvalue weighted by Crippen LogP contribution is 2.41. The summed E-state index contributed by atoms with van der Waals surface area (Å²) in [4.78, 5) is 4.58. The summed E-state index contributed by atoms with van der Waals surface area (Å²) in [5, 5.41) is 4.63. The molecule has 2 fully saturated rings. The molecule has 0 atom stereocenters. The van der Waals surface area contributed by atoms with E-state index in [0.717, 1.165) is 11.0 Å². The second kappa shape index (κ2) is 3.44. The van der Waals surface area contributed by atoms with E-state index in [1.54, 1.807) is 0 Å². The second-order valence-electron chi connectivity index (χ2n) is 4.84. The number of hydrogen-bond acceptors (Lipinski definition) is 4. The quantitative estimate of drug-likeness (QED) is 0.852. The van der Waals surface area contributed by atoms with Crippen LogP contribution in [0.3, 0.4) is 0 Å². The molecule has 0 radical (unpaired) electrons. The van der Waals surface area contributed by atoms with E-state index in [-0.39, 0.29) is 0 Å². The molecule has 1 heterocycles. The number of nitrogens with zero attached hydrogens (tertiary/aromatic N) is 2. The predicted molar refractivity (Wildman–Crippen MR) is 62.4 cm³/mol. The minimum absolute atomic E-state index is 0.348. The Morgan fingerprint density at radius 1 is 1.47 bits per heavy atom. The molecule has 1 aromatic rings. The van der Waals surface area contributed by atoms with Gasteiger partial charge in [-0.3, -0.25) is 0 Å². The van der Waals surface area contributed by atoms with Crippen molar-refractivity contribution in [1.82, 2.24) is 9.36 Å². The van der Waals surface area contributed by atoms with Gasteiger partial charge in [0.2, 0.25) is 5.13 Å². The fourth-order valence-electron chi connectivity index (χ4n) is 2.19. The van der Waals surface area contributed by atoms with Crippen molar-refractivity contribution in [2.24, 2.45) is 0 Å². The van der Waals surface area contributed by atoms with E-state index < -0.39 is 0 Å². The summed E-state index contributed by atoms with van der Waals surface area (Å²) in [5.74, 6) is 1.75. The molecule has 15 heavy (non-hydrogen) atoms. The number of hydrogen-bond donors (Lipinski definition) is 1. The normalized spacial score (nSPS) is 23.5. The molecule has 0 bridgehead atoms. The molecule has 0 spiro atoms. The van der Waals surface area contributed by atoms with Gasteiger partial charge in [0.1, 0.15) is 5.82 Å². The van der Waals surface area contributed by atoms with Crippen LogP contribution in [0.4, 0.5) is 5.13 Å². The molecule has 82 valence electrons. The van der Waals surface area contributed by atoms with Crippen LogP contribution in [0.1, 0.15) is 57.2 Å². The van der Waals surface area contributed by atoms with E-state index in [4.69, 9.17) is 0 Å². The maximum Gasteiger partial charge on any atom is 0.203 e. The first kappa shape index (κ1) is 9.58.